The van der Waals surface area contributed by atoms with E-state index in [2.05, 4.69) is 0 Å². The molecule has 1 heterocycles. The number of rotatable bonds is 3. The van der Waals surface area contributed by atoms with E-state index in [0.717, 1.165) is 12.0 Å². The van der Waals surface area contributed by atoms with Crippen molar-refractivity contribution in [2.75, 3.05) is 6.61 Å². The molecule has 17 heavy (non-hydrogen) atoms. The van der Waals surface area contributed by atoms with Crippen LogP contribution in [0.1, 0.15) is 18.9 Å². The molecule has 1 saturated heterocycles. The van der Waals surface area contributed by atoms with Gasteiger partial charge >= 0.3 is 0 Å². The van der Waals surface area contributed by atoms with Crippen LogP contribution in [0.25, 0.3) is 0 Å². The minimum Gasteiger partial charge on any atom is -0.378 e. The summed E-state index contributed by atoms with van der Waals surface area (Å²) in [5.74, 6) is 0.179. The highest BCUT2D eigenvalue weighted by Gasteiger charge is 2.28. The smallest absolute Gasteiger partial charge is 0.142 e. The largest absolute Gasteiger partial charge is 0.378 e. The number of ether oxygens (including phenoxy) is 1. The number of halogens is 2. The normalized spacial score (nSPS) is 23.9. The van der Waals surface area contributed by atoms with Gasteiger partial charge in [0.25, 0.3) is 0 Å². The fourth-order valence-electron chi connectivity index (χ4n) is 2.05. The van der Waals surface area contributed by atoms with Crippen LogP contribution in [0.3, 0.4) is 0 Å². The highest BCUT2D eigenvalue weighted by atomic mass is 35.5. The Hall–Kier alpha value is -0.570. The fourth-order valence-corrected chi connectivity index (χ4v) is 2.43. The van der Waals surface area contributed by atoms with E-state index in [0.29, 0.717) is 23.1 Å². The summed E-state index contributed by atoms with van der Waals surface area (Å²) >= 11 is 11.9. The van der Waals surface area contributed by atoms with Crippen LogP contribution < -0.4 is 0 Å². The maximum absolute atomic E-state index is 12.0. The zero-order chi connectivity index (χ0) is 12.4. The molecular weight excluding hydrogens is 259 g/mol. The van der Waals surface area contributed by atoms with Gasteiger partial charge in [0.05, 0.1) is 12.7 Å². The lowest BCUT2D eigenvalue weighted by molar-refractivity contribution is -0.122. The number of ketones is 1. The number of hydrogen-bond acceptors (Lipinski definition) is 2. The van der Waals surface area contributed by atoms with E-state index in [1.807, 2.05) is 6.92 Å². The Balaban J connectivity index is 2.05. The van der Waals surface area contributed by atoms with Crippen molar-refractivity contribution in [1.82, 2.24) is 0 Å². The minimum absolute atomic E-state index is 0.0000447. The highest BCUT2D eigenvalue weighted by Crippen LogP contribution is 2.25. The van der Waals surface area contributed by atoms with E-state index in [9.17, 15) is 4.79 Å². The molecule has 2 nitrogen and oxygen atoms in total. The van der Waals surface area contributed by atoms with Crippen molar-refractivity contribution in [2.45, 2.75) is 25.9 Å². The fraction of sp³-hybridized carbons (Fsp3) is 0.462. The van der Waals surface area contributed by atoms with Gasteiger partial charge in [0.2, 0.25) is 0 Å². The molecule has 0 saturated carbocycles. The third kappa shape index (κ3) is 3.21. The van der Waals surface area contributed by atoms with Crippen molar-refractivity contribution in [2.24, 2.45) is 5.92 Å². The zero-order valence-electron chi connectivity index (χ0n) is 9.58. The second kappa shape index (κ2) is 5.38. The van der Waals surface area contributed by atoms with Crippen LogP contribution in [0, 0.1) is 5.92 Å². The molecule has 0 spiro atoms. The summed E-state index contributed by atoms with van der Waals surface area (Å²) < 4.78 is 5.40. The molecule has 0 bridgehead atoms. The van der Waals surface area contributed by atoms with E-state index in [4.69, 9.17) is 27.9 Å². The maximum atomic E-state index is 12.0. The van der Waals surface area contributed by atoms with Gasteiger partial charge in [0, 0.05) is 22.4 Å². The minimum atomic E-state index is 0.0000447. The Morgan fingerprint density at radius 1 is 1.47 bits per heavy atom. The zero-order valence-corrected chi connectivity index (χ0v) is 11.1. The van der Waals surface area contributed by atoms with Gasteiger partial charge in [-0.3, -0.25) is 4.79 Å². The molecule has 1 aromatic carbocycles. The van der Waals surface area contributed by atoms with Gasteiger partial charge in [0.1, 0.15) is 5.78 Å². The molecule has 0 amide bonds. The molecule has 1 fully saturated rings. The van der Waals surface area contributed by atoms with Crippen molar-refractivity contribution < 1.29 is 9.53 Å². The second-order valence-electron chi connectivity index (χ2n) is 4.46. The molecule has 1 aliphatic rings. The van der Waals surface area contributed by atoms with Crippen LogP contribution in [0.15, 0.2) is 18.2 Å². The van der Waals surface area contributed by atoms with Crippen LogP contribution in [0.2, 0.25) is 10.0 Å². The number of hydrogen-bond donors (Lipinski definition) is 0. The van der Waals surface area contributed by atoms with Gasteiger partial charge in [-0.15, -0.1) is 0 Å². The first-order valence-electron chi connectivity index (χ1n) is 5.64. The summed E-state index contributed by atoms with van der Waals surface area (Å²) in [6.45, 7) is 2.51. The first kappa shape index (κ1) is 12.9. The van der Waals surface area contributed by atoms with E-state index in [1.54, 1.807) is 18.2 Å². The predicted octanol–water partition coefficient (Wildman–Crippen LogP) is 3.53. The Bertz CT molecular complexity index is 431. The number of carbonyl (C=O) groups excluding carboxylic acids is 1. The van der Waals surface area contributed by atoms with E-state index >= 15 is 0 Å². The second-order valence-corrected chi connectivity index (χ2v) is 5.30. The number of benzene rings is 1. The third-order valence-corrected chi connectivity index (χ3v) is 3.63. The standard InChI is InChI=1S/C13H14Cl2O2/c1-8-4-10(7-17-8)13(16)6-9-5-11(14)2-3-12(9)15/h2-3,5,8,10H,4,6-7H2,1H3. The average molecular weight is 273 g/mol. The monoisotopic (exact) mass is 272 g/mol. The lowest BCUT2D eigenvalue weighted by Crippen LogP contribution is -2.17. The van der Waals surface area contributed by atoms with Gasteiger partial charge in [-0.1, -0.05) is 23.2 Å². The highest BCUT2D eigenvalue weighted by molar-refractivity contribution is 6.33. The Morgan fingerprint density at radius 3 is 2.88 bits per heavy atom. The lowest BCUT2D eigenvalue weighted by Gasteiger charge is -2.08. The van der Waals surface area contributed by atoms with Gasteiger partial charge in [0.15, 0.2) is 0 Å². The predicted molar refractivity (Wildman–Crippen MR) is 68.7 cm³/mol. The summed E-state index contributed by atoms with van der Waals surface area (Å²) in [5.41, 5.74) is 0.795. The Morgan fingerprint density at radius 2 is 2.24 bits per heavy atom. The van der Waals surface area contributed by atoms with Crippen LogP contribution in [0.4, 0.5) is 0 Å². The Kier molecular flexibility index (Phi) is 4.08. The molecule has 0 N–H and O–H groups in total. The van der Waals surface area contributed by atoms with Crippen molar-refractivity contribution in [3.05, 3.63) is 33.8 Å². The molecule has 1 aliphatic heterocycles. The summed E-state index contributed by atoms with van der Waals surface area (Å²) in [7, 11) is 0. The molecule has 2 unspecified atom stereocenters. The summed E-state index contributed by atoms with van der Waals surface area (Å²) in [6, 6.07) is 5.19. The van der Waals surface area contributed by atoms with Crippen LogP contribution in [0.5, 0.6) is 0 Å². The molecule has 92 valence electrons. The quantitative estimate of drug-likeness (QED) is 0.842. The SMILES string of the molecule is CC1CC(C(=O)Cc2cc(Cl)ccc2Cl)CO1. The summed E-state index contributed by atoms with van der Waals surface area (Å²) in [4.78, 5) is 12.0. The summed E-state index contributed by atoms with van der Waals surface area (Å²) in [5, 5.41) is 1.20. The topological polar surface area (TPSA) is 26.3 Å². The van der Waals surface area contributed by atoms with Crippen molar-refractivity contribution >= 4 is 29.0 Å². The molecule has 2 atom stereocenters. The van der Waals surface area contributed by atoms with Crippen LogP contribution in [-0.4, -0.2) is 18.5 Å². The number of carbonyl (C=O) groups is 1. The van der Waals surface area contributed by atoms with E-state index < -0.39 is 0 Å². The first-order chi connectivity index (χ1) is 8.06. The third-order valence-electron chi connectivity index (χ3n) is 3.03. The molecule has 0 aliphatic carbocycles. The van der Waals surface area contributed by atoms with Gasteiger partial charge in [-0.25, -0.2) is 0 Å². The molecule has 4 heteroatoms. The average Bonchev–Trinajstić information content (AvgIpc) is 2.70. The summed E-state index contributed by atoms with van der Waals surface area (Å²) in [6.07, 6.45) is 1.32. The van der Waals surface area contributed by atoms with Crippen molar-refractivity contribution in [1.29, 1.82) is 0 Å². The van der Waals surface area contributed by atoms with Gasteiger partial charge in [-0.05, 0) is 37.1 Å². The van der Waals surface area contributed by atoms with Gasteiger partial charge < -0.3 is 4.74 Å². The number of Topliss-reactive ketones (excluding diaryl/α,β-unsaturated/α-hetero) is 1. The van der Waals surface area contributed by atoms with E-state index in [-0.39, 0.29) is 17.8 Å². The molecule has 0 radical (unpaired) electrons. The van der Waals surface area contributed by atoms with Crippen molar-refractivity contribution in [3.63, 3.8) is 0 Å². The molecule has 1 aromatic rings. The Labute approximate surface area is 111 Å². The molecular formula is C13H14Cl2O2. The van der Waals surface area contributed by atoms with Crippen molar-refractivity contribution in [3.8, 4) is 0 Å². The van der Waals surface area contributed by atoms with Crippen LogP contribution in [-0.2, 0) is 16.0 Å². The molecule has 0 aromatic heterocycles. The molecule has 2 rings (SSSR count). The van der Waals surface area contributed by atoms with E-state index in [1.165, 1.54) is 0 Å². The van der Waals surface area contributed by atoms with Crippen LogP contribution >= 0.6 is 23.2 Å². The lowest BCUT2D eigenvalue weighted by atomic mass is 9.96. The maximum Gasteiger partial charge on any atom is 0.142 e. The first-order valence-corrected chi connectivity index (χ1v) is 6.40. The van der Waals surface area contributed by atoms with Gasteiger partial charge in [-0.2, -0.15) is 0 Å².